The van der Waals surface area contributed by atoms with Crippen LogP contribution in [0.5, 0.6) is 0 Å². The maximum Gasteiger partial charge on any atom is 0.272 e. The van der Waals surface area contributed by atoms with Crippen LogP contribution in [0.2, 0.25) is 0 Å². The first kappa shape index (κ1) is 28.0. The minimum atomic E-state index is -0.412. The average Bonchev–Trinajstić information content (AvgIpc) is 2.89. The van der Waals surface area contributed by atoms with Gasteiger partial charge < -0.3 is 46.7 Å². The second kappa shape index (κ2) is 14.2. The summed E-state index contributed by atoms with van der Waals surface area (Å²) in [6.07, 6.45) is 0. The van der Waals surface area contributed by atoms with E-state index in [4.69, 9.17) is 5.73 Å². The Balaban J connectivity index is 1.76. The number of benzene rings is 2. The Morgan fingerprint density at radius 3 is 1.86 bits per heavy atom. The molecule has 11 nitrogen and oxygen atoms in total. The largest absolute Gasteiger partial charge is 0.395 e. The number of aromatic nitrogens is 1. The molecule has 0 fully saturated rings. The molecule has 2 aromatic carbocycles. The fraction of sp³-hybridized carbons (Fsp3) is 0.346. The van der Waals surface area contributed by atoms with Crippen LogP contribution in [0.1, 0.15) is 5.56 Å². The predicted octanol–water partition coefficient (Wildman–Crippen LogP) is 1.02. The van der Waals surface area contributed by atoms with E-state index in [1.807, 2.05) is 58.3 Å². The molecule has 0 unspecified atom stereocenters. The predicted molar refractivity (Wildman–Crippen MR) is 147 cm³/mol. The second-order valence-electron chi connectivity index (χ2n) is 8.49. The number of nitrogens with zero attached hydrogens (tertiary/aromatic N) is 2. The molecular formula is C26H36N6O5. The molecule has 1 heterocycles. The highest BCUT2D eigenvalue weighted by Gasteiger charge is 2.11. The molecule has 0 spiro atoms. The van der Waals surface area contributed by atoms with Crippen LogP contribution in [0.4, 0.5) is 34.3 Å². The minimum Gasteiger partial charge on any atom is -0.395 e. The molecule has 3 aromatic rings. The third kappa shape index (κ3) is 8.20. The first-order valence-corrected chi connectivity index (χ1v) is 12.1. The van der Waals surface area contributed by atoms with E-state index < -0.39 is 5.56 Å². The summed E-state index contributed by atoms with van der Waals surface area (Å²) in [4.78, 5) is 18.8. The standard InChI is InChI=1S/C26H36N6O5/c27-23-17-24(28-20-3-1-19(2-4-20)18-31(9-13-33)10-14-34)25(30-26(23)37)29-21-5-7-22(8-6-21)32(11-15-35)12-16-36/h1-8,17,28,33-36H,9-16,18,27H2,(H2,29,30,37). The van der Waals surface area contributed by atoms with Gasteiger partial charge in [-0.1, -0.05) is 12.1 Å². The van der Waals surface area contributed by atoms with Crippen molar-refractivity contribution < 1.29 is 20.4 Å². The van der Waals surface area contributed by atoms with Gasteiger partial charge in [0.2, 0.25) is 0 Å². The lowest BCUT2D eigenvalue weighted by molar-refractivity contribution is 0.156. The number of anilines is 6. The topological polar surface area (TPSA) is 170 Å². The molecule has 37 heavy (non-hydrogen) atoms. The van der Waals surface area contributed by atoms with Crippen LogP contribution in [0.15, 0.2) is 59.4 Å². The molecule has 0 radical (unpaired) electrons. The van der Waals surface area contributed by atoms with E-state index in [-0.39, 0.29) is 32.1 Å². The number of aliphatic hydroxyl groups excluding tert-OH is 4. The van der Waals surface area contributed by atoms with Crippen molar-refractivity contribution in [1.29, 1.82) is 0 Å². The number of H-pyrrole nitrogens is 1. The Morgan fingerprint density at radius 1 is 0.757 bits per heavy atom. The molecule has 200 valence electrons. The fourth-order valence-electron chi connectivity index (χ4n) is 3.91. The van der Waals surface area contributed by atoms with Gasteiger partial charge in [-0.15, -0.1) is 0 Å². The summed E-state index contributed by atoms with van der Waals surface area (Å²) in [7, 11) is 0. The Hall–Kier alpha value is -3.61. The summed E-state index contributed by atoms with van der Waals surface area (Å²) in [5.74, 6) is 0.440. The van der Waals surface area contributed by atoms with Gasteiger partial charge in [0.05, 0.1) is 37.8 Å². The summed E-state index contributed by atoms with van der Waals surface area (Å²) in [6, 6.07) is 16.7. The number of hydrogen-bond donors (Lipinski definition) is 8. The lowest BCUT2D eigenvalue weighted by Gasteiger charge is -2.23. The molecule has 0 amide bonds. The molecule has 0 aliphatic heterocycles. The maximum absolute atomic E-state index is 12.2. The van der Waals surface area contributed by atoms with Crippen LogP contribution in [0.3, 0.4) is 0 Å². The van der Waals surface area contributed by atoms with Crippen LogP contribution >= 0.6 is 0 Å². The van der Waals surface area contributed by atoms with Gasteiger partial charge in [0.25, 0.3) is 5.56 Å². The van der Waals surface area contributed by atoms with E-state index in [1.54, 1.807) is 6.07 Å². The number of nitrogens with one attached hydrogen (secondary N) is 3. The molecule has 0 saturated carbocycles. The van der Waals surface area contributed by atoms with E-state index in [9.17, 15) is 25.2 Å². The number of aliphatic hydroxyl groups is 4. The van der Waals surface area contributed by atoms with Gasteiger partial charge >= 0.3 is 0 Å². The molecule has 0 saturated heterocycles. The molecule has 9 N–H and O–H groups in total. The van der Waals surface area contributed by atoms with Gasteiger partial charge in [-0.2, -0.15) is 0 Å². The molecule has 11 heteroatoms. The summed E-state index contributed by atoms with van der Waals surface area (Å²) in [6.45, 7) is 2.38. The highest BCUT2D eigenvalue weighted by Crippen LogP contribution is 2.28. The van der Waals surface area contributed by atoms with E-state index in [0.717, 1.165) is 22.6 Å². The minimum absolute atomic E-state index is 0.0216. The fourth-order valence-corrected chi connectivity index (χ4v) is 3.91. The van der Waals surface area contributed by atoms with Crippen molar-refractivity contribution in [1.82, 2.24) is 9.88 Å². The zero-order valence-corrected chi connectivity index (χ0v) is 20.7. The Bertz CT molecular complexity index is 1140. The van der Waals surface area contributed by atoms with Crippen molar-refractivity contribution in [3.05, 3.63) is 70.5 Å². The van der Waals surface area contributed by atoms with Crippen molar-refractivity contribution in [2.75, 3.05) is 73.9 Å². The molecule has 0 aliphatic carbocycles. The summed E-state index contributed by atoms with van der Waals surface area (Å²) >= 11 is 0. The highest BCUT2D eigenvalue weighted by atomic mass is 16.3. The van der Waals surface area contributed by atoms with Crippen molar-refractivity contribution in [3.8, 4) is 0 Å². The third-order valence-electron chi connectivity index (χ3n) is 5.78. The summed E-state index contributed by atoms with van der Waals surface area (Å²) in [5.41, 5.74) is 9.52. The SMILES string of the molecule is Nc1cc(Nc2ccc(CN(CCO)CCO)cc2)c(Nc2ccc(N(CCO)CCO)cc2)[nH]c1=O. The normalized spacial score (nSPS) is 11.1. The number of pyridine rings is 1. The van der Waals surface area contributed by atoms with Crippen molar-refractivity contribution in [3.63, 3.8) is 0 Å². The Morgan fingerprint density at radius 2 is 1.30 bits per heavy atom. The molecule has 0 aliphatic rings. The van der Waals surface area contributed by atoms with E-state index in [2.05, 4.69) is 15.6 Å². The molecule has 0 atom stereocenters. The number of hydrogen-bond acceptors (Lipinski definition) is 10. The molecule has 0 bridgehead atoms. The van der Waals surface area contributed by atoms with Crippen LogP contribution in [-0.2, 0) is 6.54 Å². The number of nitrogen functional groups attached to an aromatic ring is 1. The lowest BCUT2D eigenvalue weighted by Crippen LogP contribution is -2.29. The average molecular weight is 513 g/mol. The van der Waals surface area contributed by atoms with E-state index in [1.165, 1.54) is 0 Å². The lowest BCUT2D eigenvalue weighted by atomic mass is 10.2. The maximum atomic E-state index is 12.2. The zero-order chi connectivity index (χ0) is 26.6. The second-order valence-corrected chi connectivity index (χ2v) is 8.49. The van der Waals surface area contributed by atoms with Crippen LogP contribution in [0.25, 0.3) is 0 Å². The zero-order valence-electron chi connectivity index (χ0n) is 20.7. The van der Waals surface area contributed by atoms with Gasteiger partial charge in [-0.3, -0.25) is 9.69 Å². The Labute approximate surface area is 215 Å². The van der Waals surface area contributed by atoms with Crippen LogP contribution < -0.4 is 26.8 Å². The van der Waals surface area contributed by atoms with Gasteiger partial charge in [0, 0.05) is 49.8 Å². The van der Waals surface area contributed by atoms with Crippen LogP contribution in [-0.4, -0.2) is 82.9 Å². The third-order valence-corrected chi connectivity index (χ3v) is 5.78. The summed E-state index contributed by atoms with van der Waals surface area (Å²) in [5, 5.41) is 43.4. The summed E-state index contributed by atoms with van der Waals surface area (Å²) < 4.78 is 0. The van der Waals surface area contributed by atoms with Crippen molar-refractivity contribution in [2.24, 2.45) is 0 Å². The number of rotatable bonds is 15. The van der Waals surface area contributed by atoms with Crippen LogP contribution in [0, 0.1) is 0 Å². The molecule has 1 aromatic heterocycles. The van der Waals surface area contributed by atoms with Crippen molar-refractivity contribution in [2.45, 2.75) is 6.54 Å². The quantitative estimate of drug-likeness (QED) is 0.147. The van der Waals surface area contributed by atoms with Gasteiger partial charge in [0.15, 0.2) is 0 Å². The van der Waals surface area contributed by atoms with E-state index >= 15 is 0 Å². The van der Waals surface area contributed by atoms with Crippen molar-refractivity contribution >= 4 is 34.3 Å². The van der Waals surface area contributed by atoms with Gasteiger partial charge in [-0.05, 0) is 48.0 Å². The highest BCUT2D eigenvalue weighted by molar-refractivity contribution is 5.78. The Kier molecular flexibility index (Phi) is 10.7. The smallest absolute Gasteiger partial charge is 0.272 e. The first-order valence-electron chi connectivity index (χ1n) is 12.1. The molecular weight excluding hydrogens is 476 g/mol. The number of aromatic amines is 1. The van der Waals surface area contributed by atoms with Gasteiger partial charge in [0.1, 0.15) is 5.82 Å². The number of nitrogens with two attached hydrogens (primary N) is 1. The van der Waals surface area contributed by atoms with Gasteiger partial charge in [-0.25, -0.2) is 0 Å². The monoisotopic (exact) mass is 512 g/mol. The first-order chi connectivity index (χ1) is 18.0. The van der Waals surface area contributed by atoms with E-state index in [0.29, 0.717) is 44.2 Å². The molecule has 3 rings (SSSR count).